The minimum Gasteiger partial charge on any atom is -0.395 e. The van der Waals surface area contributed by atoms with E-state index in [4.69, 9.17) is 11.6 Å². The molecule has 0 unspecified atom stereocenters. The number of aliphatic hydroxyl groups is 1. The zero-order chi connectivity index (χ0) is 20.7. The minimum absolute atomic E-state index is 0.187. The summed E-state index contributed by atoms with van der Waals surface area (Å²) in [7, 11) is 0. The summed E-state index contributed by atoms with van der Waals surface area (Å²) < 4.78 is 13.5. The third kappa shape index (κ3) is 3.58. The molecule has 2 aromatic carbocycles. The maximum Gasteiger partial charge on any atom is 0.123 e. The van der Waals surface area contributed by atoms with E-state index in [1.165, 1.54) is 42.4 Å². The van der Waals surface area contributed by atoms with Gasteiger partial charge in [-0.2, -0.15) is 0 Å². The lowest BCUT2D eigenvalue weighted by atomic mass is 9.89. The van der Waals surface area contributed by atoms with Crippen LogP contribution in [0.1, 0.15) is 60.8 Å². The number of benzene rings is 2. The normalized spacial score (nSPS) is 26.4. The molecule has 30 heavy (non-hydrogen) atoms. The largest absolute Gasteiger partial charge is 0.395 e. The Morgan fingerprint density at radius 3 is 2.53 bits per heavy atom. The highest BCUT2D eigenvalue weighted by Crippen LogP contribution is 2.49. The summed E-state index contributed by atoms with van der Waals surface area (Å²) in [5, 5.41) is 10.4. The van der Waals surface area contributed by atoms with Crippen molar-refractivity contribution < 1.29 is 9.50 Å². The van der Waals surface area contributed by atoms with Crippen LogP contribution in [0.15, 0.2) is 42.5 Å². The van der Waals surface area contributed by atoms with E-state index >= 15 is 0 Å². The van der Waals surface area contributed by atoms with Crippen LogP contribution < -0.4 is 0 Å². The molecule has 3 aliphatic rings. The van der Waals surface area contributed by atoms with Crippen molar-refractivity contribution in [1.29, 1.82) is 0 Å². The summed E-state index contributed by atoms with van der Waals surface area (Å²) in [6, 6.07) is 13.6. The fourth-order valence-electron chi connectivity index (χ4n) is 6.27. The van der Waals surface area contributed by atoms with Crippen molar-refractivity contribution in [3.05, 3.63) is 70.0 Å². The zero-order valence-corrected chi connectivity index (χ0v) is 18.1. The standard InChI is InChI=1S/C25H30ClFN2O/c26-19-5-8-21-22(18-3-6-20(27)7-4-18)16-24(23(21)15-19)28-11-12-29(13-14-30)25(17-28)9-1-2-10-25/h3-8,15,22,24,30H,1-2,9-14,16-17H2/t22-,24+/m1/s1. The Balaban J connectivity index is 1.46. The Labute approximate surface area is 183 Å². The molecule has 1 aliphatic heterocycles. The Kier molecular flexibility index (Phi) is 5.61. The van der Waals surface area contributed by atoms with Crippen LogP contribution in [0.5, 0.6) is 0 Å². The summed E-state index contributed by atoms with van der Waals surface area (Å²) in [5.41, 5.74) is 4.04. The molecule has 1 spiro atoms. The van der Waals surface area contributed by atoms with Crippen LogP contribution in [0.4, 0.5) is 4.39 Å². The van der Waals surface area contributed by atoms with Gasteiger partial charge in [0.15, 0.2) is 0 Å². The quantitative estimate of drug-likeness (QED) is 0.744. The summed E-state index contributed by atoms with van der Waals surface area (Å²) in [5.74, 6) is 0.0886. The fraction of sp³-hybridized carbons (Fsp3) is 0.520. The van der Waals surface area contributed by atoms with Gasteiger partial charge in [-0.1, -0.05) is 42.6 Å². The molecule has 1 saturated carbocycles. The molecule has 1 heterocycles. The highest BCUT2D eigenvalue weighted by molar-refractivity contribution is 6.30. The Hall–Kier alpha value is -1.46. The first kappa shape index (κ1) is 20.4. The first-order valence-corrected chi connectivity index (χ1v) is 11.6. The third-order valence-electron chi connectivity index (χ3n) is 7.68. The van der Waals surface area contributed by atoms with Crippen LogP contribution in [0.2, 0.25) is 5.02 Å². The van der Waals surface area contributed by atoms with Crippen molar-refractivity contribution >= 4 is 11.6 Å². The number of aliphatic hydroxyl groups excluding tert-OH is 1. The van der Waals surface area contributed by atoms with Crippen molar-refractivity contribution in [2.24, 2.45) is 0 Å². The lowest BCUT2D eigenvalue weighted by molar-refractivity contribution is -0.0255. The average Bonchev–Trinajstić information content (AvgIpc) is 3.35. The highest BCUT2D eigenvalue weighted by Gasteiger charge is 2.46. The van der Waals surface area contributed by atoms with Gasteiger partial charge in [-0.15, -0.1) is 0 Å². The van der Waals surface area contributed by atoms with Crippen molar-refractivity contribution in [2.45, 2.75) is 49.6 Å². The second kappa shape index (κ2) is 8.23. The van der Waals surface area contributed by atoms with Gasteiger partial charge in [-0.3, -0.25) is 9.80 Å². The van der Waals surface area contributed by atoms with Gasteiger partial charge in [0, 0.05) is 48.7 Å². The van der Waals surface area contributed by atoms with Gasteiger partial charge in [0.05, 0.1) is 6.61 Å². The Morgan fingerprint density at radius 1 is 1.03 bits per heavy atom. The van der Waals surface area contributed by atoms with Gasteiger partial charge in [0.25, 0.3) is 0 Å². The predicted octanol–water partition coefficient (Wildman–Crippen LogP) is 4.98. The van der Waals surface area contributed by atoms with E-state index in [-0.39, 0.29) is 23.9 Å². The van der Waals surface area contributed by atoms with Gasteiger partial charge in [-0.25, -0.2) is 4.39 Å². The van der Waals surface area contributed by atoms with E-state index in [1.807, 2.05) is 18.2 Å². The fourth-order valence-corrected chi connectivity index (χ4v) is 6.45. The van der Waals surface area contributed by atoms with Crippen LogP contribution in [-0.2, 0) is 0 Å². The molecule has 0 amide bonds. The number of hydrogen-bond acceptors (Lipinski definition) is 3. The molecular formula is C25H30ClFN2O. The number of β-amino-alcohol motifs (C(OH)–C–C–N with tert-alkyl or cyclic N) is 1. The number of rotatable bonds is 4. The second-order valence-corrected chi connectivity index (χ2v) is 9.68. The first-order valence-electron chi connectivity index (χ1n) is 11.2. The van der Waals surface area contributed by atoms with Crippen molar-refractivity contribution in [1.82, 2.24) is 9.80 Å². The van der Waals surface area contributed by atoms with Gasteiger partial charge < -0.3 is 5.11 Å². The van der Waals surface area contributed by atoms with Crippen LogP contribution in [0, 0.1) is 5.82 Å². The average molecular weight is 429 g/mol. The molecule has 2 atom stereocenters. The molecular weight excluding hydrogens is 399 g/mol. The summed E-state index contributed by atoms with van der Waals surface area (Å²) in [4.78, 5) is 5.21. The van der Waals surface area contributed by atoms with E-state index in [9.17, 15) is 9.50 Å². The predicted molar refractivity (Wildman–Crippen MR) is 118 cm³/mol. The van der Waals surface area contributed by atoms with E-state index < -0.39 is 0 Å². The number of halogens is 2. The van der Waals surface area contributed by atoms with Gasteiger partial charge in [0.2, 0.25) is 0 Å². The lowest BCUT2D eigenvalue weighted by Gasteiger charge is -2.51. The molecule has 5 rings (SSSR count). The molecule has 2 aliphatic carbocycles. The Morgan fingerprint density at radius 2 is 1.80 bits per heavy atom. The molecule has 1 saturated heterocycles. The summed E-state index contributed by atoms with van der Waals surface area (Å²) in [6.07, 6.45) is 6.01. The molecule has 160 valence electrons. The molecule has 1 N–H and O–H groups in total. The van der Waals surface area contributed by atoms with E-state index in [1.54, 1.807) is 12.1 Å². The van der Waals surface area contributed by atoms with Gasteiger partial charge in [0.1, 0.15) is 5.82 Å². The number of nitrogens with zero attached hydrogens (tertiary/aromatic N) is 2. The smallest absolute Gasteiger partial charge is 0.123 e. The van der Waals surface area contributed by atoms with E-state index in [2.05, 4.69) is 21.9 Å². The van der Waals surface area contributed by atoms with Crippen LogP contribution >= 0.6 is 11.6 Å². The molecule has 2 fully saturated rings. The SMILES string of the molecule is OCCN1CCN([C@H]2C[C@H](c3ccc(F)cc3)c3ccc(Cl)cc32)CC12CCCC2. The molecule has 0 bridgehead atoms. The first-order chi connectivity index (χ1) is 14.6. The van der Waals surface area contributed by atoms with Gasteiger partial charge >= 0.3 is 0 Å². The van der Waals surface area contributed by atoms with Crippen molar-refractivity contribution in [3.63, 3.8) is 0 Å². The zero-order valence-electron chi connectivity index (χ0n) is 17.4. The maximum absolute atomic E-state index is 13.5. The third-order valence-corrected chi connectivity index (χ3v) is 7.92. The number of hydrogen-bond donors (Lipinski definition) is 1. The minimum atomic E-state index is -0.187. The van der Waals surface area contributed by atoms with E-state index in [0.29, 0.717) is 6.04 Å². The molecule has 5 heteroatoms. The van der Waals surface area contributed by atoms with Crippen LogP contribution in [0.25, 0.3) is 0 Å². The summed E-state index contributed by atoms with van der Waals surface area (Å²) in [6.45, 7) is 4.08. The number of piperazine rings is 1. The van der Waals surface area contributed by atoms with Gasteiger partial charge in [-0.05, 0) is 60.2 Å². The van der Waals surface area contributed by atoms with Crippen LogP contribution in [0.3, 0.4) is 0 Å². The highest BCUT2D eigenvalue weighted by atomic mass is 35.5. The monoisotopic (exact) mass is 428 g/mol. The lowest BCUT2D eigenvalue weighted by Crippen LogP contribution is -2.61. The van der Waals surface area contributed by atoms with Crippen molar-refractivity contribution in [2.75, 3.05) is 32.8 Å². The molecule has 2 aromatic rings. The summed E-state index contributed by atoms with van der Waals surface area (Å²) >= 11 is 6.42. The second-order valence-electron chi connectivity index (χ2n) is 9.24. The number of fused-ring (bicyclic) bond motifs is 1. The molecule has 0 radical (unpaired) electrons. The molecule has 3 nitrogen and oxygen atoms in total. The maximum atomic E-state index is 13.5. The van der Waals surface area contributed by atoms with E-state index in [0.717, 1.165) is 37.6 Å². The van der Waals surface area contributed by atoms with Crippen LogP contribution in [-0.4, -0.2) is 53.2 Å². The van der Waals surface area contributed by atoms with Crippen molar-refractivity contribution in [3.8, 4) is 0 Å². The topological polar surface area (TPSA) is 26.7 Å². The Bertz CT molecular complexity index is 897. The molecule has 0 aromatic heterocycles.